The Labute approximate surface area is 114 Å². The summed E-state index contributed by atoms with van der Waals surface area (Å²) in [4.78, 5) is 0. The maximum absolute atomic E-state index is 9.69. The lowest BCUT2D eigenvalue weighted by Gasteiger charge is -2.31. The van der Waals surface area contributed by atoms with Crippen LogP contribution in [0.2, 0.25) is 0 Å². The van der Waals surface area contributed by atoms with Gasteiger partial charge in [-0.2, -0.15) is 0 Å². The molecule has 0 fully saturated rings. The highest BCUT2D eigenvalue weighted by Crippen LogP contribution is 2.32. The SMILES string of the molecule is COCCNC(C)(CO)c1ccc(OC)cc1OC. The Kier molecular flexibility index (Phi) is 6.08. The fraction of sp³-hybridized carbons (Fsp3) is 0.571. The lowest BCUT2D eigenvalue weighted by atomic mass is 9.91. The van der Waals surface area contributed by atoms with Gasteiger partial charge in [0.1, 0.15) is 11.5 Å². The minimum absolute atomic E-state index is 0.0423. The average Bonchev–Trinajstić information content (AvgIpc) is 2.46. The molecule has 108 valence electrons. The highest BCUT2D eigenvalue weighted by atomic mass is 16.5. The summed E-state index contributed by atoms with van der Waals surface area (Å²) in [5.41, 5.74) is 0.297. The van der Waals surface area contributed by atoms with Gasteiger partial charge in [-0.1, -0.05) is 0 Å². The van der Waals surface area contributed by atoms with Crippen molar-refractivity contribution in [1.82, 2.24) is 5.32 Å². The maximum atomic E-state index is 9.69. The van der Waals surface area contributed by atoms with Gasteiger partial charge in [0.05, 0.1) is 33.0 Å². The van der Waals surface area contributed by atoms with Crippen molar-refractivity contribution in [2.45, 2.75) is 12.5 Å². The molecule has 1 atom stereocenters. The summed E-state index contributed by atoms with van der Waals surface area (Å²) in [6.45, 7) is 3.10. The second-order valence-corrected chi connectivity index (χ2v) is 4.48. The fourth-order valence-corrected chi connectivity index (χ4v) is 1.92. The Morgan fingerprint density at radius 3 is 2.47 bits per heavy atom. The van der Waals surface area contributed by atoms with Gasteiger partial charge in [0.25, 0.3) is 0 Å². The van der Waals surface area contributed by atoms with E-state index in [1.807, 2.05) is 19.1 Å². The summed E-state index contributed by atoms with van der Waals surface area (Å²) in [5, 5.41) is 13.0. The molecule has 0 spiro atoms. The second kappa shape index (κ2) is 7.33. The molecule has 1 aromatic rings. The molecule has 0 heterocycles. The van der Waals surface area contributed by atoms with E-state index in [9.17, 15) is 5.11 Å². The topological polar surface area (TPSA) is 60.0 Å². The van der Waals surface area contributed by atoms with Gasteiger partial charge in [0.2, 0.25) is 0 Å². The third kappa shape index (κ3) is 3.83. The molecule has 1 rings (SSSR count). The Balaban J connectivity index is 3.02. The first-order valence-electron chi connectivity index (χ1n) is 6.18. The molecule has 0 radical (unpaired) electrons. The summed E-state index contributed by atoms with van der Waals surface area (Å²) in [6.07, 6.45) is 0. The van der Waals surface area contributed by atoms with Gasteiger partial charge in [-0.15, -0.1) is 0 Å². The van der Waals surface area contributed by atoms with E-state index in [1.54, 1.807) is 27.4 Å². The number of ether oxygens (including phenoxy) is 3. The molecule has 1 aromatic carbocycles. The summed E-state index contributed by atoms with van der Waals surface area (Å²) in [5.74, 6) is 1.40. The van der Waals surface area contributed by atoms with Crippen molar-refractivity contribution in [3.05, 3.63) is 23.8 Å². The molecular formula is C14H23NO4. The monoisotopic (exact) mass is 269 g/mol. The second-order valence-electron chi connectivity index (χ2n) is 4.48. The van der Waals surface area contributed by atoms with Crippen molar-refractivity contribution in [2.24, 2.45) is 0 Å². The average molecular weight is 269 g/mol. The van der Waals surface area contributed by atoms with Gasteiger partial charge >= 0.3 is 0 Å². The molecule has 0 aromatic heterocycles. The normalized spacial score (nSPS) is 13.9. The van der Waals surface area contributed by atoms with E-state index in [1.165, 1.54) is 0 Å². The maximum Gasteiger partial charge on any atom is 0.127 e. The Hall–Kier alpha value is -1.30. The third-order valence-electron chi connectivity index (χ3n) is 3.14. The smallest absolute Gasteiger partial charge is 0.127 e. The predicted octanol–water partition coefficient (Wildman–Crippen LogP) is 1.15. The van der Waals surface area contributed by atoms with Crippen LogP contribution in [0.4, 0.5) is 0 Å². The number of rotatable bonds is 8. The third-order valence-corrected chi connectivity index (χ3v) is 3.14. The number of hydrogen-bond donors (Lipinski definition) is 2. The zero-order valence-corrected chi connectivity index (χ0v) is 12.0. The Bertz CT molecular complexity index is 397. The van der Waals surface area contributed by atoms with Crippen molar-refractivity contribution in [3.8, 4) is 11.5 Å². The molecule has 5 nitrogen and oxygen atoms in total. The molecule has 5 heteroatoms. The van der Waals surface area contributed by atoms with Crippen LogP contribution in [-0.2, 0) is 10.3 Å². The van der Waals surface area contributed by atoms with Crippen LogP contribution in [0, 0.1) is 0 Å². The highest BCUT2D eigenvalue weighted by Gasteiger charge is 2.28. The van der Waals surface area contributed by atoms with Gasteiger partial charge < -0.3 is 24.6 Å². The quantitative estimate of drug-likeness (QED) is 0.693. The molecule has 2 N–H and O–H groups in total. The number of aliphatic hydroxyl groups is 1. The first-order valence-corrected chi connectivity index (χ1v) is 6.18. The number of benzene rings is 1. The summed E-state index contributed by atoms with van der Waals surface area (Å²) < 4.78 is 15.6. The van der Waals surface area contributed by atoms with Crippen molar-refractivity contribution in [1.29, 1.82) is 0 Å². The van der Waals surface area contributed by atoms with Gasteiger partial charge in [-0.25, -0.2) is 0 Å². The van der Waals surface area contributed by atoms with Crippen LogP contribution >= 0.6 is 0 Å². The van der Waals surface area contributed by atoms with Crippen LogP contribution in [0.15, 0.2) is 18.2 Å². The van der Waals surface area contributed by atoms with E-state index in [-0.39, 0.29) is 6.61 Å². The van der Waals surface area contributed by atoms with Crippen LogP contribution in [0.5, 0.6) is 11.5 Å². The summed E-state index contributed by atoms with van der Waals surface area (Å²) in [6, 6.07) is 5.55. The first-order chi connectivity index (χ1) is 9.11. The van der Waals surface area contributed by atoms with E-state index >= 15 is 0 Å². The summed E-state index contributed by atoms with van der Waals surface area (Å²) in [7, 11) is 4.85. The van der Waals surface area contributed by atoms with E-state index in [0.29, 0.717) is 18.9 Å². The van der Waals surface area contributed by atoms with E-state index < -0.39 is 5.54 Å². The zero-order valence-electron chi connectivity index (χ0n) is 12.0. The van der Waals surface area contributed by atoms with Crippen LogP contribution in [0.3, 0.4) is 0 Å². The molecule has 0 saturated carbocycles. The van der Waals surface area contributed by atoms with Crippen molar-refractivity contribution < 1.29 is 19.3 Å². The van der Waals surface area contributed by atoms with Crippen molar-refractivity contribution in [2.75, 3.05) is 41.1 Å². The molecule has 0 amide bonds. The standard InChI is InChI=1S/C14H23NO4/c1-14(10-16,15-7-8-17-2)12-6-5-11(18-3)9-13(12)19-4/h5-6,9,15-16H,7-8,10H2,1-4H3. The Morgan fingerprint density at radius 2 is 1.95 bits per heavy atom. The van der Waals surface area contributed by atoms with Crippen LogP contribution < -0.4 is 14.8 Å². The Morgan fingerprint density at radius 1 is 1.21 bits per heavy atom. The molecule has 19 heavy (non-hydrogen) atoms. The lowest BCUT2D eigenvalue weighted by Crippen LogP contribution is -2.44. The minimum atomic E-state index is -0.587. The van der Waals surface area contributed by atoms with E-state index in [0.717, 1.165) is 11.3 Å². The number of aliphatic hydroxyl groups excluding tert-OH is 1. The number of nitrogens with one attached hydrogen (secondary N) is 1. The van der Waals surface area contributed by atoms with Crippen molar-refractivity contribution in [3.63, 3.8) is 0 Å². The van der Waals surface area contributed by atoms with Gasteiger partial charge in [0.15, 0.2) is 0 Å². The van der Waals surface area contributed by atoms with E-state index in [2.05, 4.69) is 5.32 Å². The van der Waals surface area contributed by atoms with Crippen LogP contribution in [-0.4, -0.2) is 46.2 Å². The largest absolute Gasteiger partial charge is 0.497 e. The molecule has 0 aliphatic rings. The van der Waals surface area contributed by atoms with Gasteiger partial charge in [-0.3, -0.25) is 0 Å². The molecule has 0 aliphatic carbocycles. The van der Waals surface area contributed by atoms with Crippen LogP contribution in [0.25, 0.3) is 0 Å². The number of hydrogen-bond acceptors (Lipinski definition) is 5. The molecular weight excluding hydrogens is 246 g/mol. The zero-order chi connectivity index (χ0) is 14.3. The fourth-order valence-electron chi connectivity index (χ4n) is 1.92. The molecule has 1 unspecified atom stereocenters. The van der Waals surface area contributed by atoms with Crippen LogP contribution in [0.1, 0.15) is 12.5 Å². The predicted molar refractivity (Wildman–Crippen MR) is 73.9 cm³/mol. The molecule has 0 saturated heterocycles. The molecule has 0 aliphatic heterocycles. The molecule has 0 bridgehead atoms. The van der Waals surface area contributed by atoms with Gasteiger partial charge in [-0.05, 0) is 19.1 Å². The number of methoxy groups -OCH3 is 3. The summed E-state index contributed by atoms with van der Waals surface area (Å²) >= 11 is 0. The highest BCUT2D eigenvalue weighted by molar-refractivity contribution is 5.44. The van der Waals surface area contributed by atoms with E-state index in [4.69, 9.17) is 14.2 Å². The van der Waals surface area contributed by atoms with Crippen molar-refractivity contribution >= 4 is 0 Å². The minimum Gasteiger partial charge on any atom is -0.497 e. The lowest BCUT2D eigenvalue weighted by molar-refractivity contribution is 0.146. The van der Waals surface area contributed by atoms with Gasteiger partial charge in [0, 0.05) is 25.3 Å². The first kappa shape index (κ1) is 15.8.